The molecule has 122 valence electrons. The number of ketones is 1. The van der Waals surface area contributed by atoms with Gasteiger partial charge in [-0.3, -0.25) is 4.79 Å². The Morgan fingerprint density at radius 3 is 2.79 bits per heavy atom. The summed E-state index contributed by atoms with van der Waals surface area (Å²) in [6.45, 7) is 1.61. The van der Waals surface area contributed by atoms with E-state index in [-0.39, 0.29) is 11.8 Å². The Bertz CT molecular complexity index is 859. The van der Waals surface area contributed by atoms with Gasteiger partial charge in [-0.25, -0.2) is 0 Å². The van der Waals surface area contributed by atoms with Crippen LogP contribution in [0.1, 0.15) is 46.8 Å². The first kappa shape index (κ1) is 15.7. The Hall–Kier alpha value is -1.77. The van der Waals surface area contributed by atoms with Crippen LogP contribution in [0.4, 0.5) is 5.69 Å². The molecule has 4 heteroatoms. The van der Waals surface area contributed by atoms with Gasteiger partial charge >= 0.3 is 0 Å². The maximum absolute atomic E-state index is 11.7. The molecule has 2 aliphatic rings. The fraction of sp³-hybridized carbons (Fsp3) is 0.250. The highest BCUT2D eigenvalue weighted by Gasteiger charge is 2.38. The number of anilines is 1. The summed E-state index contributed by atoms with van der Waals surface area (Å²) in [6.07, 6.45) is 5.45. The molecular formula is C20H17Cl2NO. The van der Waals surface area contributed by atoms with Gasteiger partial charge in [0, 0.05) is 17.2 Å². The maximum atomic E-state index is 11.7. The zero-order chi connectivity index (χ0) is 16.8. The van der Waals surface area contributed by atoms with Crippen LogP contribution in [0, 0.1) is 5.92 Å². The second-order valence-corrected chi connectivity index (χ2v) is 7.26. The number of carbonyl (C=O) groups is 1. The molecule has 2 aromatic carbocycles. The summed E-state index contributed by atoms with van der Waals surface area (Å²) < 4.78 is 0. The summed E-state index contributed by atoms with van der Waals surface area (Å²) in [6, 6.07) is 11.8. The molecule has 3 atom stereocenters. The third kappa shape index (κ3) is 2.45. The molecule has 1 N–H and O–H groups in total. The van der Waals surface area contributed by atoms with Crippen molar-refractivity contribution in [1.82, 2.24) is 0 Å². The first-order valence-electron chi connectivity index (χ1n) is 8.08. The zero-order valence-electron chi connectivity index (χ0n) is 13.2. The predicted octanol–water partition coefficient (Wildman–Crippen LogP) is 6.02. The van der Waals surface area contributed by atoms with Crippen molar-refractivity contribution in [1.29, 1.82) is 0 Å². The van der Waals surface area contributed by atoms with Crippen LogP contribution >= 0.6 is 23.2 Å². The van der Waals surface area contributed by atoms with E-state index in [4.69, 9.17) is 23.2 Å². The van der Waals surface area contributed by atoms with Gasteiger partial charge in [0.15, 0.2) is 5.78 Å². The summed E-state index contributed by atoms with van der Waals surface area (Å²) in [4.78, 5) is 11.7. The number of allylic oxidation sites excluding steroid dienone is 2. The van der Waals surface area contributed by atoms with Gasteiger partial charge in [-0.1, -0.05) is 47.5 Å². The first-order valence-corrected chi connectivity index (χ1v) is 8.84. The molecule has 1 heterocycles. The first-order chi connectivity index (χ1) is 11.6. The number of carbonyl (C=O) groups excluding carboxylic acids is 1. The highest BCUT2D eigenvalue weighted by Crippen LogP contribution is 2.51. The number of Topliss-reactive ketones (excluding diaryl/α,β-unsaturated/α-hetero) is 1. The van der Waals surface area contributed by atoms with Crippen molar-refractivity contribution in [3.05, 3.63) is 75.3 Å². The molecule has 0 aromatic heterocycles. The minimum Gasteiger partial charge on any atom is -0.378 e. The third-order valence-corrected chi connectivity index (χ3v) is 5.92. The largest absolute Gasteiger partial charge is 0.378 e. The smallest absolute Gasteiger partial charge is 0.159 e. The lowest BCUT2D eigenvalue weighted by Crippen LogP contribution is -2.29. The SMILES string of the molecule is CC(=O)c1ccc2c(c1)[C@@H]1C=CC[C@@H]1[C@@H](c1cccc(Cl)c1Cl)N2. The van der Waals surface area contributed by atoms with Crippen molar-refractivity contribution in [3.63, 3.8) is 0 Å². The van der Waals surface area contributed by atoms with Crippen LogP contribution in [0.5, 0.6) is 0 Å². The number of nitrogens with one attached hydrogen (secondary N) is 1. The highest BCUT2D eigenvalue weighted by atomic mass is 35.5. The Labute approximate surface area is 151 Å². The maximum Gasteiger partial charge on any atom is 0.159 e. The number of hydrogen-bond acceptors (Lipinski definition) is 2. The molecule has 0 spiro atoms. The quantitative estimate of drug-likeness (QED) is 0.525. The molecule has 0 saturated carbocycles. The average Bonchev–Trinajstić information content (AvgIpc) is 3.06. The molecule has 0 radical (unpaired) electrons. The van der Waals surface area contributed by atoms with E-state index < -0.39 is 0 Å². The fourth-order valence-electron chi connectivity index (χ4n) is 3.88. The molecule has 0 saturated heterocycles. The van der Waals surface area contributed by atoms with Crippen molar-refractivity contribution >= 4 is 34.7 Å². The minimum absolute atomic E-state index is 0.0938. The van der Waals surface area contributed by atoms with Crippen LogP contribution in [0.2, 0.25) is 10.0 Å². The van der Waals surface area contributed by atoms with E-state index in [0.29, 0.717) is 21.9 Å². The second-order valence-electron chi connectivity index (χ2n) is 6.48. The lowest BCUT2D eigenvalue weighted by Gasteiger charge is -2.38. The molecule has 0 fully saturated rings. The van der Waals surface area contributed by atoms with Crippen molar-refractivity contribution in [2.45, 2.75) is 25.3 Å². The van der Waals surface area contributed by atoms with Crippen LogP contribution in [-0.4, -0.2) is 5.78 Å². The van der Waals surface area contributed by atoms with Gasteiger partial charge in [0.05, 0.1) is 16.1 Å². The van der Waals surface area contributed by atoms with Crippen LogP contribution in [0.3, 0.4) is 0 Å². The molecular weight excluding hydrogens is 341 g/mol. The van der Waals surface area contributed by atoms with E-state index in [1.165, 1.54) is 5.56 Å². The number of fused-ring (bicyclic) bond motifs is 3. The number of rotatable bonds is 2. The van der Waals surface area contributed by atoms with Crippen LogP contribution in [0.15, 0.2) is 48.6 Å². The molecule has 1 aliphatic carbocycles. The van der Waals surface area contributed by atoms with Crippen LogP contribution < -0.4 is 5.32 Å². The second kappa shape index (κ2) is 5.94. The van der Waals surface area contributed by atoms with E-state index in [1.54, 1.807) is 6.92 Å². The lowest BCUT2D eigenvalue weighted by molar-refractivity contribution is 0.101. The van der Waals surface area contributed by atoms with Gasteiger partial charge in [-0.2, -0.15) is 0 Å². The van der Waals surface area contributed by atoms with Gasteiger partial charge in [-0.15, -0.1) is 0 Å². The Kier molecular flexibility index (Phi) is 3.90. The molecule has 24 heavy (non-hydrogen) atoms. The van der Waals surface area contributed by atoms with Crippen molar-refractivity contribution in [2.24, 2.45) is 5.92 Å². The normalized spacial score (nSPS) is 24.2. The summed E-state index contributed by atoms with van der Waals surface area (Å²) in [5.41, 5.74) is 4.04. The molecule has 2 nitrogen and oxygen atoms in total. The van der Waals surface area contributed by atoms with Crippen LogP contribution in [0.25, 0.3) is 0 Å². The van der Waals surface area contributed by atoms with Gasteiger partial charge in [-0.05, 0) is 54.7 Å². The third-order valence-electron chi connectivity index (χ3n) is 5.09. The lowest BCUT2D eigenvalue weighted by atomic mass is 9.76. The minimum atomic E-state index is 0.0938. The van der Waals surface area contributed by atoms with Gasteiger partial charge < -0.3 is 5.32 Å². The monoisotopic (exact) mass is 357 g/mol. The van der Waals surface area contributed by atoms with Gasteiger partial charge in [0.25, 0.3) is 0 Å². The summed E-state index contributed by atoms with van der Waals surface area (Å²) in [5, 5.41) is 4.82. The molecule has 2 aromatic rings. The summed E-state index contributed by atoms with van der Waals surface area (Å²) in [5.74, 6) is 0.757. The fourth-order valence-corrected chi connectivity index (χ4v) is 4.31. The van der Waals surface area contributed by atoms with E-state index in [9.17, 15) is 4.79 Å². The highest BCUT2D eigenvalue weighted by molar-refractivity contribution is 6.42. The molecule has 0 bridgehead atoms. The summed E-state index contributed by atoms with van der Waals surface area (Å²) >= 11 is 12.7. The van der Waals surface area contributed by atoms with E-state index in [0.717, 1.165) is 23.2 Å². The standard InChI is InChI=1S/C20H17Cl2NO/c1-11(24)12-8-9-18-16(10-12)13-4-2-5-14(13)20(23-18)15-6-3-7-17(21)19(15)22/h2-4,6-10,13-14,20,23H,5H2,1H3/t13-,14+,20+/m1/s1. The molecule has 0 amide bonds. The average molecular weight is 358 g/mol. The van der Waals surface area contributed by atoms with Crippen molar-refractivity contribution in [2.75, 3.05) is 5.32 Å². The number of hydrogen-bond donors (Lipinski definition) is 1. The van der Waals surface area contributed by atoms with Gasteiger partial charge in [0.2, 0.25) is 0 Å². The van der Waals surface area contributed by atoms with Crippen molar-refractivity contribution < 1.29 is 4.79 Å². The molecule has 0 unspecified atom stereocenters. The molecule has 1 aliphatic heterocycles. The van der Waals surface area contributed by atoms with E-state index in [1.807, 2.05) is 36.4 Å². The van der Waals surface area contributed by atoms with Gasteiger partial charge in [0.1, 0.15) is 0 Å². The number of benzene rings is 2. The Morgan fingerprint density at radius 2 is 2.00 bits per heavy atom. The van der Waals surface area contributed by atoms with E-state index in [2.05, 4.69) is 17.5 Å². The molecule has 4 rings (SSSR count). The van der Waals surface area contributed by atoms with E-state index >= 15 is 0 Å². The zero-order valence-corrected chi connectivity index (χ0v) is 14.7. The number of halogens is 2. The predicted molar refractivity (Wildman–Crippen MR) is 99.3 cm³/mol. The summed E-state index contributed by atoms with van der Waals surface area (Å²) in [7, 11) is 0. The van der Waals surface area contributed by atoms with Crippen LogP contribution in [-0.2, 0) is 0 Å². The Balaban J connectivity index is 1.81. The topological polar surface area (TPSA) is 29.1 Å². The van der Waals surface area contributed by atoms with Crippen molar-refractivity contribution in [3.8, 4) is 0 Å². The Morgan fingerprint density at radius 1 is 1.17 bits per heavy atom.